The summed E-state index contributed by atoms with van der Waals surface area (Å²) in [6.45, 7) is 3.57. The molecule has 1 saturated heterocycles. The van der Waals surface area contributed by atoms with Gasteiger partial charge in [0, 0.05) is 11.7 Å². The summed E-state index contributed by atoms with van der Waals surface area (Å²) in [4.78, 5) is 6.84. The molecule has 1 aromatic rings. The van der Waals surface area contributed by atoms with Crippen molar-refractivity contribution >= 4 is 15.9 Å². The smallest absolute Gasteiger partial charge is 0.106 e. The molecule has 3 rings (SSSR count). The van der Waals surface area contributed by atoms with E-state index >= 15 is 0 Å². The lowest BCUT2D eigenvalue weighted by Crippen LogP contribution is -2.16. The Bertz CT molecular complexity index is 394. The Labute approximate surface area is 125 Å². The summed E-state index contributed by atoms with van der Waals surface area (Å²) < 4.78 is 0.941. The molecule has 0 amide bonds. The SMILES string of the molecule is CCCCCc1cccc(Br)n1.CN1CCC2CC21. The van der Waals surface area contributed by atoms with Gasteiger partial charge >= 0.3 is 0 Å². The van der Waals surface area contributed by atoms with E-state index in [1.54, 1.807) is 0 Å². The quantitative estimate of drug-likeness (QED) is 0.606. The molecule has 2 fully saturated rings. The maximum absolute atomic E-state index is 4.36. The number of halogens is 1. The molecule has 2 heterocycles. The summed E-state index contributed by atoms with van der Waals surface area (Å²) in [6, 6.07) is 7.10. The predicted molar refractivity (Wildman–Crippen MR) is 84.3 cm³/mol. The van der Waals surface area contributed by atoms with Crippen LogP contribution in [0, 0.1) is 5.92 Å². The molecule has 1 saturated carbocycles. The first-order chi connectivity index (χ1) is 9.20. The van der Waals surface area contributed by atoms with E-state index in [9.17, 15) is 0 Å². The normalized spacial score (nSPS) is 24.6. The molecule has 1 aliphatic heterocycles. The van der Waals surface area contributed by atoms with E-state index in [2.05, 4.69) is 45.9 Å². The number of rotatable bonds is 4. The topological polar surface area (TPSA) is 16.1 Å². The summed E-state index contributed by atoms with van der Waals surface area (Å²) >= 11 is 3.36. The van der Waals surface area contributed by atoms with E-state index in [0.29, 0.717) is 0 Å². The van der Waals surface area contributed by atoms with Crippen LogP contribution in [0.25, 0.3) is 0 Å². The van der Waals surface area contributed by atoms with E-state index in [-0.39, 0.29) is 0 Å². The number of aromatic nitrogens is 1. The Morgan fingerprint density at radius 3 is 2.68 bits per heavy atom. The van der Waals surface area contributed by atoms with Crippen molar-refractivity contribution in [2.45, 2.75) is 51.5 Å². The monoisotopic (exact) mass is 324 g/mol. The van der Waals surface area contributed by atoms with Crippen molar-refractivity contribution in [3.8, 4) is 0 Å². The molecule has 1 aliphatic carbocycles. The molecule has 106 valence electrons. The van der Waals surface area contributed by atoms with Crippen LogP contribution in [0.4, 0.5) is 0 Å². The van der Waals surface area contributed by atoms with E-state index in [4.69, 9.17) is 0 Å². The van der Waals surface area contributed by atoms with Crippen LogP contribution in [-0.2, 0) is 6.42 Å². The van der Waals surface area contributed by atoms with E-state index in [1.165, 1.54) is 44.3 Å². The highest BCUT2D eigenvalue weighted by Crippen LogP contribution is 2.42. The zero-order valence-corrected chi connectivity index (χ0v) is 13.7. The second-order valence-corrected chi connectivity index (χ2v) is 6.55. The third kappa shape index (κ3) is 4.88. The minimum Gasteiger partial charge on any atom is -0.303 e. The number of piperidine rings is 1. The van der Waals surface area contributed by atoms with E-state index in [0.717, 1.165) is 23.0 Å². The molecule has 3 heteroatoms. The van der Waals surface area contributed by atoms with Crippen molar-refractivity contribution in [2.75, 3.05) is 13.6 Å². The fourth-order valence-electron chi connectivity index (χ4n) is 2.76. The van der Waals surface area contributed by atoms with Crippen LogP contribution in [0.5, 0.6) is 0 Å². The van der Waals surface area contributed by atoms with Gasteiger partial charge in [-0.25, -0.2) is 4.98 Å². The van der Waals surface area contributed by atoms with Crippen LogP contribution in [-0.4, -0.2) is 29.5 Å². The van der Waals surface area contributed by atoms with Gasteiger partial charge in [-0.2, -0.15) is 0 Å². The average Bonchev–Trinajstić information content (AvgIpc) is 3.10. The molecule has 19 heavy (non-hydrogen) atoms. The molecule has 0 aromatic carbocycles. The van der Waals surface area contributed by atoms with Crippen LogP contribution in [0.1, 0.15) is 44.7 Å². The van der Waals surface area contributed by atoms with E-state index in [1.807, 2.05) is 12.1 Å². The minimum atomic E-state index is 0.941. The Hall–Kier alpha value is -0.410. The minimum absolute atomic E-state index is 0.941. The molecule has 2 aliphatic rings. The van der Waals surface area contributed by atoms with Crippen LogP contribution >= 0.6 is 15.9 Å². The molecule has 0 N–H and O–H groups in total. The van der Waals surface area contributed by atoms with Crippen LogP contribution in [0.15, 0.2) is 22.8 Å². The highest BCUT2D eigenvalue weighted by atomic mass is 79.9. The standard InChI is InChI=1S/C10H14BrN.C6H11N/c1-2-3-4-6-9-7-5-8-10(11)12-9;1-7-3-2-5-4-6(5)7/h5,7-8H,2-4,6H2,1H3;5-6H,2-4H2,1H3. The van der Waals surface area contributed by atoms with Gasteiger partial charge in [0.05, 0.1) is 0 Å². The summed E-state index contributed by atoms with van der Waals surface area (Å²) in [6.07, 6.45) is 7.90. The van der Waals surface area contributed by atoms with Crippen molar-refractivity contribution in [1.82, 2.24) is 9.88 Å². The van der Waals surface area contributed by atoms with Gasteiger partial charge in [0.1, 0.15) is 4.60 Å². The molecule has 1 aromatic heterocycles. The maximum atomic E-state index is 4.36. The first kappa shape index (κ1) is 15.0. The lowest BCUT2D eigenvalue weighted by Gasteiger charge is -2.06. The van der Waals surface area contributed by atoms with Gasteiger partial charge in [-0.05, 0) is 73.3 Å². The second kappa shape index (κ2) is 7.39. The predicted octanol–water partition coefficient (Wildman–Crippen LogP) is 4.29. The average molecular weight is 325 g/mol. The number of pyridine rings is 1. The van der Waals surface area contributed by atoms with Gasteiger partial charge in [-0.15, -0.1) is 0 Å². The van der Waals surface area contributed by atoms with Crippen molar-refractivity contribution in [2.24, 2.45) is 5.92 Å². The number of aryl methyl sites for hydroxylation is 1. The van der Waals surface area contributed by atoms with Crippen molar-refractivity contribution < 1.29 is 0 Å². The highest BCUT2D eigenvalue weighted by molar-refractivity contribution is 9.10. The van der Waals surface area contributed by atoms with Gasteiger partial charge in [0.2, 0.25) is 0 Å². The Morgan fingerprint density at radius 1 is 1.37 bits per heavy atom. The number of unbranched alkanes of at least 4 members (excludes halogenated alkanes) is 2. The number of fused-ring (bicyclic) bond motifs is 1. The molecular formula is C16H25BrN2. The first-order valence-corrected chi connectivity index (χ1v) is 8.31. The third-order valence-electron chi connectivity index (χ3n) is 4.11. The van der Waals surface area contributed by atoms with Gasteiger partial charge in [0.15, 0.2) is 0 Å². The number of hydrogen-bond acceptors (Lipinski definition) is 2. The van der Waals surface area contributed by atoms with Crippen LogP contribution in [0.2, 0.25) is 0 Å². The molecule has 0 radical (unpaired) electrons. The summed E-state index contributed by atoms with van der Waals surface area (Å²) in [5.41, 5.74) is 1.19. The second-order valence-electron chi connectivity index (χ2n) is 5.74. The largest absolute Gasteiger partial charge is 0.303 e. The Kier molecular flexibility index (Phi) is 5.83. The zero-order valence-electron chi connectivity index (χ0n) is 12.1. The molecular weight excluding hydrogens is 300 g/mol. The van der Waals surface area contributed by atoms with E-state index < -0.39 is 0 Å². The molecule has 2 nitrogen and oxygen atoms in total. The Morgan fingerprint density at radius 2 is 2.21 bits per heavy atom. The van der Waals surface area contributed by atoms with Gasteiger partial charge in [0.25, 0.3) is 0 Å². The molecule has 0 bridgehead atoms. The van der Waals surface area contributed by atoms with Gasteiger partial charge in [-0.3, -0.25) is 0 Å². The molecule has 2 atom stereocenters. The number of hydrogen-bond donors (Lipinski definition) is 0. The molecule has 0 spiro atoms. The van der Waals surface area contributed by atoms with Crippen LogP contribution in [0.3, 0.4) is 0 Å². The van der Waals surface area contributed by atoms with Gasteiger partial charge < -0.3 is 4.90 Å². The highest BCUT2D eigenvalue weighted by Gasteiger charge is 2.44. The van der Waals surface area contributed by atoms with Crippen molar-refractivity contribution in [3.05, 3.63) is 28.5 Å². The summed E-state index contributed by atoms with van der Waals surface area (Å²) in [5, 5.41) is 0. The van der Waals surface area contributed by atoms with Crippen LogP contribution < -0.4 is 0 Å². The maximum Gasteiger partial charge on any atom is 0.106 e. The summed E-state index contributed by atoms with van der Waals surface area (Å²) in [7, 11) is 2.23. The fraction of sp³-hybridized carbons (Fsp3) is 0.688. The third-order valence-corrected chi connectivity index (χ3v) is 4.55. The number of nitrogens with zero attached hydrogens (tertiary/aromatic N) is 2. The lowest BCUT2D eigenvalue weighted by molar-refractivity contribution is 0.369. The first-order valence-electron chi connectivity index (χ1n) is 7.52. The van der Waals surface area contributed by atoms with Crippen molar-refractivity contribution in [3.63, 3.8) is 0 Å². The fourth-order valence-corrected chi connectivity index (χ4v) is 3.14. The molecule has 2 unspecified atom stereocenters. The van der Waals surface area contributed by atoms with Crippen molar-refractivity contribution in [1.29, 1.82) is 0 Å². The van der Waals surface area contributed by atoms with Gasteiger partial charge in [-0.1, -0.05) is 25.8 Å². The Balaban J connectivity index is 0.000000159. The number of likely N-dealkylation sites (tertiary alicyclic amines) is 1. The zero-order chi connectivity index (χ0) is 13.7. The summed E-state index contributed by atoms with van der Waals surface area (Å²) in [5.74, 6) is 1.12. The lowest BCUT2D eigenvalue weighted by atomic mass is 10.1.